The van der Waals surface area contributed by atoms with Crippen LogP contribution in [0.15, 0.2) is 48.7 Å². The number of fused-ring (bicyclic) bond motifs is 1. The molecule has 0 fully saturated rings. The van der Waals surface area contributed by atoms with Crippen LogP contribution in [-0.2, 0) is 6.54 Å². The van der Waals surface area contributed by atoms with Gasteiger partial charge in [-0.1, -0.05) is 17.7 Å². The molecule has 3 aromatic rings. The Labute approximate surface area is 124 Å². The Morgan fingerprint density at radius 2 is 2.05 bits per heavy atom. The summed E-state index contributed by atoms with van der Waals surface area (Å²) in [6, 6.07) is 10.9. The van der Waals surface area contributed by atoms with E-state index in [1.807, 2.05) is 4.57 Å². The number of non-ortho nitro benzene ring substituents is 1. The first-order valence-electron chi connectivity index (χ1n) is 6.22. The highest BCUT2D eigenvalue weighted by Crippen LogP contribution is 2.25. The van der Waals surface area contributed by atoms with Gasteiger partial charge in [0.25, 0.3) is 5.69 Å². The molecular formula is C15H10ClFN2O2. The predicted octanol–water partition coefficient (Wildman–Crippen LogP) is 4.39. The number of nitrogens with zero attached hydrogens (tertiary/aromatic N) is 2. The molecule has 106 valence electrons. The number of hydrogen-bond donors (Lipinski definition) is 0. The van der Waals surface area contributed by atoms with Crippen LogP contribution in [-0.4, -0.2) is 9.49 Å². The first-order chi connectivity index (χ1) is 10.1. The Kier molecular flexibility index (Phi) is 3.35. The molecule has 0 aliphatic heterocycles. The second-order valence-electron chi connectivity index (χ2n) is 4.64. The minimum Gasteiger partial charge on any atom is -0.343 e. The van der Waals surface area contributed by atoms with Crippen molar-refractivity contribution in [1.29, 1.82) is 0 Å². The van der Waals surface area contributed by atoms with Crippen molar-refractivity contribution in [3.05, 3.63) is 75.2 Å². The molecule has 0 aliphatic carbocycles. The topological polar surface area (TPSA) is 48.1 Å². The number of nitro groups is 1. The van der Waals surface area contributed by atoms with E-state index in [0.29, 0.717) is 10.6 Å². The van der Waals surface area contributed by atoms with Gasteiger partial charge >= 0.3 is 0 Å². The lowest BCUT2D eigenvalue weighted by atomic mass is 10.2. The predicted molar refractivity (Wildman–Crippen MR) is 79.1 cm³/mol. The fourth-order valence-corrected chi connectivity index (χ4v) is 2.52. The Morgan fingerprint density at radius 3 is 2.76 bits per heavy atom. The second-order valence-corrected chi connectivity index (χ2v) is 5.05. The summed E-state index contributed by atoms with van der Waals surface area (Å²) in [6.07, 6.45) is 1.76. The van der Waals surface area contributed by atoms with Crippen LogP contribution < -0.4 is 0 Å². The molecule has 0 N–H and O–H groups in total. The van der Waals surface area contributed by atoms with E-state index in [4.69, 9.17) is 11.6 Å². The van der Waals surface area contributed by atoms with Crippen molar-refractivity contribution in [2.24, 2.45) is 0 Å². The Bertz CT molecular complexity index is 825. The molecule has 4 nitrogen and oxygen atoms in total. The number of aromatic nitrogens is 1. The molecular weight excluding hydrogens is 295 g/mol. The molecule has 0 saturated heterocycles. The molecule has 0 saturated carbocycles. The van der Waals surface area contributed by atoms with Crippen molar-refractivity contribution in [3.8, 4) is 0 Å². The fourth-order valence-electron chi connectivity index (χ4n) is 2.29. The van der Waals surface area contributed by atoms with Gasteiger partial charge in [0, 0.05) is 39.8 Å². The van der Waals surface area contributed by atoms with Crippen LogP contribution in [0.2, 0.25) is 5.02 Å². The third-order valence-corrected chi connectivity index (χ3v) is 3.71. The van der Waals surface area contributed by atoms with Gasteiger partial charge < -0.3 is 4.57 Å². The van der Waals surface area contributed by atoms with Crippen LogP contribution >= 0.6 is 11.6 Å². The zero-order valence-electron chi connectivity index (χ0n) is 10.8. The minimum absolute atomic E-state index is 0.0316. The number of hydrogen-bond acceptors (Lipinski definition) is 2. The van der Waals surface area contributed by atoms with Crippen LogP contribution in [0.5, 0.6) is 0 Å². The van der Waals surface area contributed by atoms with Crippen LogP contribution in [0.1, 0.15) is 5.56 Å². The summed E-state index contributed by atoms with van der Waals surface area (Å²) < 4.78 is 15.6. The van der Waals surface area contributed by atoms with Crippen molar-refractivity contribution in [3.63, 3.8) is 0 Å². The number of nitro benzene ring substituents is 1. The van der Waals surface area contributed by atoms with Gasteiger partial charge in [0.15, 0.2) is 0 Å². The molecule has 0 unspecified atom stereocenters. The average Bonchev–Trinajstić information content (AvgIpc) is 2.85. The van der Waals surface area contributed by atoms with E-state index in [0.717, 1.165) is 10.9 Å². The monoisotopic (exact) mass is 304 g/mol. The van der Waals surface area contributed by atoms with E-state index in [1.165, 1.54) is 18.2 Å². The summed E-state index contributed by atoms with van der Waals surface area (Å²) in [4.78, 5) is 10.3. The maximum atomic E-state index is 13.8. The molecule has 0 bridgehead atoms. The minimum atomic E-state index is -0.440. The van der Waals surface area contributed by atoms with Gasteiger partial charge in [-0.05, 0) is 24.3 Å². The molecule has 1 heterocycles. The van der Waals surface area contributed by atoms with Crippen molar-refractivity contribution in [2.45, 2.75) is 6.54 Å². The van der Waals surface area contributed by atoms with Crippen LogP contribution in [0.25, 0.3) is 10.9 Å². The summed E-state index contributed by atoms with van der Waals surface area (Å²) in [5, 5.41) is 11.9. The lowest BCUT2D eigenvalue weighted by Gasteiger charge is -2.08. The highest BCUT2D eigenvalue weighted by atomic mass is 35.5. The average molecular weight is 305 g/mol. The summed E-state index contributed by atoms with van der Waals surface area (Å²) in [7, 11) is 0. The maximum absolute atomic E-state index is 13.8. The zero-order valence-corrected chi connectivity index (χ0v) is 11.5. The van der Waals surface area contributed by atoms with Crippen molar-refractivity contribution in [1.82, 2.24) is 4.57 Å². The number of benzene rings is 2. The SMILES string of the molecule is O=[N+]([O-])c1ccc2c(ccn2Cc2c(F)cccc2Cl)c1. The van der Waals surface area contributed by atoms with E-state index < -0.39 is 4.92 Å². The van der Waals surface area contributed by atoms with Gasteiger partial charge in [-0.25, -0.2) is 4.39 Å². The lowest BCUT2D eigenvalue weighted by Crippen LogP contribution is -2.01. The molecule has 0 aliphatic rings. The number of rotatable bonds is 3. The largest absolute Gasteiger partial charge is 0.343 e. The molecule has 0 spiro atoms. The fraction of sp³-hybridized carbons (Fsp3) is 0.0667. The molecule has 6 heteroatoms. The first kappa shape index (κ1) is 13.6. The van der Waals surface area contributed by atoms with E-state index in [-0.39, 0.29) is 18.0 Å². The summed E-state index contributed by atoms with van der Waals surface area (Å²) in [5.41, 5.74) is 1.22. The summed E-state index contributed by atoms with van der Waals surface area (Å²) >= 11 is 6.02. The van der Waals surface area contributed by atoms with Crippen LogP contribution in [0.3, 0.4) is 0 Å². The Morgan fingerprint density at radius 1 is 1.24 bits per heavy atom. The van der Waals surface area contributed by atoms with Gasteiger partial charge in [0.05, 0.1) is 11.5 Å². The normalized spacial score (nSPS) is 11.0. The second kappa shape index (κ2) is 5.18. The molecule has 0 atom stereocenters. The molecule has 3 rings (SSSR count). The molecule has 0 amide bonds. The van der Waals surface area contributed by atoms with E-state index in [9.17, 15) is 14.5 Å². The molecule has 21 heavy (non-hydrogen) atoms. The van der Waals surface area contributed by atoms with Gasteiger partial charge in [-0.3, -0.25) is 10.1 Å². The third kappa shape index (κ3) is 2.48. The quantitative estimate of drug-likeness (QED) is 0.532. The van der Waals surface area contributed by atoms with E-state index >= 15 is 0 Å². The lowest BCUT2D eigenvalue weighted by molar-refractivity contribution is -0.384. The van der Waals surface area contributed by atoms with Crippen LogP contribution in [0, 0.1) is 15.9 Å². The zero-order chi connectivity index (χ0) is 15.0. The number of halogens is 2. The summed E-state index contributed by atoms with van der Waals surface area (Å²) in [5.74, 6) is -0.369. The first-order valence-corrected chi connectivity index (χ1v) is 6.60. The molecule has 0 radical (unpaired) electrons. The third-order valence-electron chi connectivity index (χ3n) is 3.36. The summed E-state index contributed by atoms with van der Waals surface area (Å²) in [6.45, 7) is 0.271. The van der Waals surface area contributed by atoms with Gasteiger partial charge in [-0.2, -0.15) is 0 Å². The molecule has 2 aromatic carbocycles. The van der Waals surface area contributed by atoms with Crippen molar-refractivity contribution < 1.29 is 9.31 Å². The van der Waals surface area contributed by atoms with E-state index in [1.54, 1.807) is 30.5 Å². The smallest absolute Gasteiger partial charge is 0.270 e. The van der Waals surface area contributed by atoms with Gasteiger partial charge in [0.1, 0.15) is 5.82 Å². The van der Waals surface area contributed by atoms with Crippen molar-refractivity contribution in [2.75, 3.05) is 0 Å². The molecule has 1 aromatic heterocycles. The highest BCUT2D eigenvalue weighted by molar-refractivity contribution is 6.31. The van der Waals surface area contributed by atoms with E-state index in [2.05, 4.69) is 0 Å². The van der Waals surface area contributed by atoms with Crippen molar-refractivity contribution >= 4 is 28.2 Å². The van der Waals surface area contributed by atoms with Gasteiger partial charge in [-0.15, -0.1) is 0 Å². The highest BCUT2D eigenvalue weighted by Gasteiger charge is 2.12. The van der Waals surface area contributed by atoms with Crippen LogP contribution in [0.4, 0.5) is 10.1 Å². The standard InChI is InChI=1S/C15H10ClFN2O2/c16-13-2-1-3-14(17)12(13)9-18-7-6-10-8-11(19(20)21)4-5-15(10)18/h1-8H,9H2. The van der Waals surface area contributed by atoms with Gasteiger partial charge in [0.2, 0.25) is 0 Å². The maximum Gasteiger partial charge on any atom is 0.270 e. The Balaban J connectivity index is 2.04. The Hall–Kier alpha value is -2.40.